The standard InChI is InChI=1S/C21H24N2O3/c1-2-26-19-13-11-18(12-14-19)23-21(25)16-9-7-15(8-10-16)20(24)22-17-5-3-4-6-17/h7-14,17H,2-6H2,1H3,(H,22,24)(H,23,25). The molecule has 0 aromatic heterocycles. The second-order valence-electron chi connectivity index (χ2n) is 6.44. The summed E-state index contributed by atoms with van der Waals surface area (Å²) >= 11 is 0. The Hall–Kier alpha value is -2.82. The van der Waals surface area contributed by atoms with E-state index < -0.39 is 0 Å². The molecule has 0 bridgehead atoms. The lowest BCUT2D eigenvalue weighted by Crippen LogP contribution is -2.32. The van der Waals surface area contributed by atoms with E-state index in [1.54, 1.807) is 36.4 Å². The molecule has 5 heteroatoms. The van der Waals surface area contributed by atoms with E-state index in [1.165, 1.54) is 12.8 Å². The number of ether oxygens (including phenoxy) is 1. The van der Waals surface area contributed by atoms with Crippen LogP contribution in [0.3, 0.4) is 0 Å². The number of benzene rings is 2. The van der Waals surface area contributed by atoms with Crippen molar-refractivity contribution in [3.8, 4) is 5.75 Å². The Kier molecular flexibility index (Phi) is 5.89. The van der Waals surface area contributed by atoms with Crippen molar-refractivity contribution in [2.45, 2.75) is 38.6 Å². The smallest absolute Gasteiger partial charge is 0.255 e. The van der Waals surface area contributed by atoms with Crippen molar-refractivity contribution >= 4 is 17.5 Å². The maximum absolute atomic E-state index is 12.3. The summed E-state index contributed by atoms with van der Waals surface area (Å²) in [5.74, 6) is 0.482. The van der Waals surface area contributed by atoms with Crippen molar-refractivity contribution < 1.29 is 14.3 Å². The summed E-state index contributed by atoms with van der Waals surface area (Å²) in [6, 6.07) is 14.2. The minimum atomic E-state index is -0.211. The van der Waals surface area contributed by atoms with Gasteiger partial charge in [-0.25, -0.2) is 0 Å². The van der Waals surface area contributed by atoms with Gasteiger partial charge in [0.15, 0.2) is 0 Å². The zero-order chi connectivity index (χ0) is 18.4. The van der Waals surface area contributed by atoms with E-state index in [2.05, 4.69) is 10.6 Å². The zero-order valence-electron chi connectivity index (χ0n) is 15.0. The van der Waals surface area contributed by atoms with Crippen molar-refractivity contribution in [2.24, 2.45) is 0 Å². The molecule has 0 radical (unpaired) electrons. The van der Waals surface area contributed by atoms with Crippen molar-refractivity contribution in [3.63, 3.8) is 0 Å². The Morgan fingerprint density at radius 3 is 2.08 bits per heavy atom. The lowest BCUT2D eigenvalue weighted by atomic mass is 10.1. The van der Waals surface area contributed by atoms with Gasteiger partial charge in [-0.1, -0.05) is 12.8 Å². The predicted molar refractivity (Wildman–Crippen MR) is 102 cm³/mol. The van der Waals surface area contributed by atoms with Gasteiger partial charge in [0.25, 0.3) is 11.8 Å². The highest BCUT2D eigenvalue weighted by Crippen LogP contribution is 2.19. The van der Waals surface area contributed by atoms with Gasteiger partial charge in [0.1, 0.15) is 5.75 Å². The number of carbonyl (C=O) groups is 2. The summed E-state index contributed by atoms with van der Waals surface area (Å²) in [7, 11) is 0. The number of anilines is 1. The number of carbonyl (C=O) groups excluding carboxylic acids is 2. The first-order valence-corrected chi connectivity index (χ1v) is 9.11. The maximum Gasteiger partial charge on any atom is 0.255 e. The van der Waals surface area contributed by atoms with Crippen LogP contribution in [-0.2, 0) is 0 Å². The van der Waals surface area contributed by atoms with E-state index in [-0.39, 0.29) is 17.9 Å². The molecule has 2 aromatic carbocycles. The number of nitrogens with one attached hydrogen (secondary N) is 2. The first kappa shape index (κ1) is 18.0. The molecule has 0 heterocycles. The monoisotopic (exact) mass is 352 g/mol. The van der Waals surface area contributed by atoms with E-state index in [9.17, 15) is 9.59 Å². The normalized spacial score (nSPS) is 14.0. The van der Waals surface area contributed by atoms with Crippen LogP contribution in [0.25, 0.3) is 0 Å². The van der Waals surface area contributed by atoms with Gasteiger partial charge in [-0.2, -0.15) is 0 Å². The molecule has 2 aromatic rings. The fourth-order valence-electron chi connectivity index (χ4n) is 3.12. The molecule has 26 heavy (non-hydrogen) atoms. The molecule has 2 N–H and O–H groups in total. The molecule has 0 aliphatic heterocycles. The van der Waals surface area contributed by atoms with Crippen molar-refractivity contribution in [2.75, 3.05) is 11.9 Å². The van der Waals surface area contributed by atoms with Crippen molar-refractivity contribution in [1.29, 1.82) is 0 Å². The lowest BCUT2D eigenvalue weighted by molar-refractivity contribution is 0.0936. The largest absolute Gasteiger partial charge is 0.494 e. The van der Waals surface area contributed by atoms with Crippen LogP contribution in [0.5, 0.6) is 5.75 Å². The van der Waals surface area contributed by atoms with Crippen LogP contribution in [0.2, 0.25) is 0 Å². The second-order valence-corrected chi connectivity index (χ2v) is 6.44. The van der Waals surface area contributed by atoms with E-state index in [0.717, 1.165) is 18.6 Å². The molecule has 1 saturated carbocycles. The quantitative estimate of drug-likeness (QED) is 0.825. The molecular formula is C21H24N2O3. The number of hydrogen-bond donors (Lipinski definition) is 2. The minimum absolute atomic E-state index is 0.0737. The zero-order valence-corrected chi connectivity index (χ0v) is 15.0. The van der Waals surface area contributed by atoms with Crippen LogP contribution in [0, 0.1) is 0 Å². The number of hydrogen-bond acceptors (Lipinski definition) is 3. The minimum Gasteiger partial charge on any atom is -0.494 e. The summed E-state index contributed by atoms with van der Waals surface area (Å²) < 4.78 is 5.38. The van der Waals surface area contributed by atoms with Crippen LogP contribution in [0.4, 0.5) is 5.69 Å². The van der Waals surface area contributed by atoms with Crippen molar-refractivity contribution in [1.82, 2.24) is 5.32 Å². The molecule has 0 saturated heterocycles. The molecule has 0 spiro atoms. The van der Waals surface area contributed by atoms with E-state index >= 15 is 0 Å². The summed E-state index contributed by atoms with van der Waals surface area (Å²) in [5.41, 5.74) is 1.78. The van der Waals surface area contributed by atoms with Crippen LogP contribution in [0.1, 0.15) is 53.3 Å². The molecule has 2 amide bonds. The summed E-state index contributed by atoms with van der Waals surface area (Å²) in [6.45, 7) is 2.53. The van der Waals surface area contributed by atoms with Gasteiger partial charge in [0.05, 0.1) is 6.61 Å². The van der Waals surface area contributed by atoms with Gasteiger partial charge in [0, 0.05) is 22.9 Å². The third kappa shape index (κ3) is 4.63. The molecule has 1 aliphatic rings. The summed E-state index contributed by atoms with van der Waals surface area (Å²) in [5, 5.41) is 5.89. The molecule has 5 nitrogen and oxygen atoms in total. The SMILES string of the molecule is CCOc1ccc(NC(=O)c2ccc(C(=O)NC3CCCC3)cc2)cc1. The van der Waals surface area contributed by atoms with Gasteiger partial charge < -0.3 is 15.4 Å². The van der Waals surface area contributed by atoms with Crippen LogP contribution < -0.4 is 15.4 Å². The third-order valence-corrected chi connectivity index (χ3v) is 4.52. The Bertz CT molecular complexity index is 748. The van der Waals surface area contributed by atoms with Gasteiger partial charge in [-0.3, -0.25) is 9.59 Å². The van der Waals surface area contributed by atoms with Crippen LogP contribution in [-0.4, -0.2) is 24.5 Å². The lowest BCUT2D eigenvalue weighted by Gasteiger charge is -2.12. The highest BCUT2D eigenvalue weighted by molar-refractivity contribution is 6.05. The second kappa shape index (κ2) is 8.52. The predicted octanol–water partition coefficient (Wildman–Crippen LogP) is 4.01. The molecule has 1 fully saturated rings. The summed E-state index contributed by atoms with van der Waals surface area (Å²) in [4.78, 5) is 24.6. The first-order chi connectivity index (χ1) is 12.7. The first-order valence-electron chi connectivity index (χ1n) is 9.11. The molecule has 1 aliphatic carbocycles. The number of rotatable bonds is 6. The van der Waals surface area contributed by atoms with Crippen LogP contribution in [0.15, 0.2) is 48.5 Å². The van der Waals surface area contributed by atoms with Gasteiger partial charge in [-0.15, -0.1) is 0 Å². The van der Waals surface area contributed by atoms with Crippen molar-refractivity contribution in [3.05, 3.63) is 59.7 Å². The Morgan fingerprint density at radius 2 is 1.50 bits per heavy atom. The Morgan fingerprint density at radius 1 is 0.923 bits per heavy atom. The molecule has 136 valence electrons. The van der Waals surface area contributed by atoms with E-state index in [4.69, 9.17) is 4.74 Å². The van der Waals surface area contributed by atoms with Gasteiger partial charge in [0.2, 0.25) is 0 Å². The fraction of sp³-hybridized carbons (Fsp3) is 0.333. The maximum atomic E-state index is 12.3. The van der Waals surface area contributed by atoms with Gasteiger partial charge >= 0.3 is 0 Å². The molecule has 0 atom stereocenters. The fourth-order valence-corrected chi connectivity index (χ4v) is 3.12. The highest BCUT2D eigenvalue weighted by atomic mass is 16.5. The average molecular weight is 352 g/mol. The topological polar surface area (TPSA) is 67.4 Å². The third-order valence-electron chi connectivity index (χ3n) is 4.52. The Balaban J connectivity index is 1.58. The highest BCUT2D eigenvalue weighted by Gasteiger charge is 2.18. The van der Waals surface area contributed by atoms with Crippen LogP contribution >= 0.6 is 0 Å². The Labute approximate surface area is 153 Å². The van der Waals surface area contributed by atoms with Gasteiger partial charge in [-0.05, 0) is 68.3 Å². The molecule has 0 unspecified atom stereocenters. The van der Waals surface area contributed by atoms with E-state index in [1.807, 2.05) is 19.1 Å². The summed E-state index contributed by atoms with van der Waals surface area (Å²) in [6.07, 6.45) is 4.45. The van der Waals surface area contributed by atoms with E-state index in [0.29, 0.717) is 23.4 Å². The molecule has 3 rings (SSSR count). The average Bonchev–Trinajstić information content (AvgIpc) is 3.16. The number of amides is 2. The molecular weight excluding hydrogens is 328 g/mol.